The summed E-state index contributed by atoms with van der Waals surface area (Å²) in [5.74, 6) is 2.02. The molecule has 1 aromatic carbocycles. The van der Waals surface area contributed by atoms with Gasteiger partial charge in [0.25, 0.3) is 0 Å². The molecule has 17 heavy (non-hydrogen) atoms. The molecule has 0 radical (unpaired) electrons. The summed E-state index contributed by atoms with van der Waals surface area (Å²) in [5.41, 5.74) is 0.149. The molecule has 1 aromatic rings. The summed E-state index contributed by atoms with van der Waals surface area (Å²) in [6.07, 6.45) is 1.91. The minimum Gasteiger partial charge on any atom is -0.384 e. The van der Waals surface area contributed by atoms with Gasteiger partial charge in [0.1, 0.15) is 0 Å². The Labute approximate surface area is 108 Å². The third-order valence-corrected chi connectivity index (χ3v) is 3.49. The largest absolute Gasteiger partial charge is 0.384 e. The summed E-state index contributed by atoms with van der Waals surface area (Å²) < 4.78 is 0. The topological polar surface area (TPSA) is 32.3 Å². The molecule has 1 rings (SSSR count). The van der Waals surface area contributed by atoms with Gasteiger partial charge in [0.15, 0.2) is 0 Å². The molecule has 0 aromatic heterocycles. The first-order chi connectivity index (χ1) is 8.17. The second-order valence-corrected chi connectivity index (χ2v) is 5.33. The summed E-state index contributed by atoms with van der Waals surface area (Å²) in [7, 11) is 0. The van der Waals surface area contributed by atoms with Crippen LogP contribution < -0.4 is 5.32 Å². The molecule has 0 fully saturated rings. The van der Waals surface area contributed by atoms with E-state index in [0.717, 1.165) is 23.6 Å². The molecule has 2 N–H and O–H groups in total. The van der Waals surface area contributed by atoms with Gasteiger partial charge in [0.05, 0.1) is 5.60 Å². The van der Waals surface area contributed by atoms with Crippen LogP contribution in [0.5, 0.6) is 0 Å². The van der Waals surface area contributed by atoms with Crippen molar-refractivity contribution in [1.82, 2.24) is 5.32 Å². The van der Waals surface area contributed by atoms with Crippen LogP contribution in [-0.2, 0) is 5.60 Å². The van der Waals surface area contributed by atoms with Crippen LogP contribution in [0.1, 0.15) is 12.5 Å². The number of nitrogens with one attached hydrogen (secondary N) is 1. The van der Waals surface area contributed by atoms with Gasteiger partial charge in [0.2, 0.25) is 0 Å². The zero-order valence-corrected chi connectivity index (χ0v) is 11.2. The molecule has 0 saturated heterocycles. The molecule has 1 unspecified atom stereocenters. The highest BCUT2D eigenvalue weighted by atomic mass is 32.2. The lowest BCUT2D eigenvalue weighted by atomic mass is 9.96. The minimum absolute atomic E-state index is 0.575. The summed E-state index contributed by atoms with van der Waals surface area (Å²) in [4.78, 5) is 0. The van der Waals surface area contributed by atoms with Gasteiger partial charge in [-0.25, -0.2) is 0 Å². The smallest absolute Gasteiger partial charge is 0.0992 e. The van der Waals surface area contributed by atoms with Crippen molar-refractivity contribution >= 4 is 11.8 Å². The lowest BCUT2D eigenvalue weighted by Crippen LogP contribution is -2.36. The Morgan fingerprint density at radius 1 is 1.41 bits per heavy atom. The molecular formula is C14H21NOS. The average molecular weight is 251 g/mol. The van der Waals surface area contributed by atoms with Crippen molar-refractivity contribution in [1.29, 1.82) is 0 Å². The molecule has 0 heterocycles. The molecule has 0 spiro atoms. The van der Waals surface area contributed by atoms with Crippen LogP contribution in [0.4, 0.5) is 0 Å². The van der Waals surface area contributed by atoms with Gasteiger partial charge in [0, 0.05) is 24.6 Å². The van der Waals surface area contributed by atoms with Crippen molar-refractivity contribution in [2.75, 3.05) is 24.6 Å². The summed E-state index contributed by atoms with van der Waals surface area (Å²) in [6, 6.07) is 9.76. The highest BCUT2D eigenvalue weighted by Crippen LogP contribution is 2.18. The van der Waals surface area contributed by atoms with E-state index < -0.39 is 5.60 Å². The minimum atomic E-state index is -0.801. The summed E-state index contributed by atoms with van der Waals surface area (Å²) in [5, 5.41) is 13.6. The molecule has 0 amide bonds. The van der Waals surface area contributed by atoms with Crippen molar-refractivity contribution in [3.05, 3.63) is 48.6 Å². The van der Waals surface area contributed by atoms with E-state index in [0.29, 0.717) is 6.54 Å². The van der Waals surface area contributed by atoms with Gasteiger partial charge < -0.3 is 10.4 Å². The lowest BCUT2D eigenvalue weighted by Gasteiger charge is -2.24. The van der Waals surface area contributed by atoms with Gasteiger partial charge in [-0.15, -0.1) is 6.58 Å². The lowest BCUT2D eigenvalue weighted by molar-refractivity contribution is 0.0577. The fourth-order valence-electron chi connectivity index (χ4n) is 1.54. The van der Waals surface area contributed by atoms with Crippen molar-refractivity contribution in [3.8, 4) is 0 Å². The van der Waals surface area contributed by atoms with Gasteiger partial charge >= 0.3 is 0 Å². The second-order valence-electron chi connectivity index (χ2n) is 4.18. The van der Waals surface area contributed by atoms with Crippen molar-refractivity contribution < 1.29 is 5.11 Å². The second kappa shape index (κ2) is 7.54. The predicted octanol–water partition coefficient (Wildman–Crippen LogP) is 2.40. The Kier molecular flexibility index (Phi) is 6.34. The summed E-state index contributed by atoms with van der Waals surface area (Å²) in [6.45, 7) is 6.99. The van der Waals surface area contributed by atoms with Gasteiger partial charge in [-0.3, -0.25) is 0 Å². The fraction of sp³-hybridized carbons (Fsp3) is 0.429. The van der Waals surface area contributed by atoms with E-state index in [1.165, 1.54) is 0 Å². The van der Waals surface area contributed by atoms with Crippen LogP contribution in [-0.4, -0.2) is 29.7 Å². The third kappa shape index (κ3) is 5.39. The molecular weight excluding hydrogens is 230 g/mol. The van der Waals surface area contributed by atoms with Crippen LogP contribution in [0.15, 0.2) is 43.0 Å². The molecule has 0 aliphatic carbocycles. The van der Waals surface area contributed by atoms with Crippen molar-refractivity contribution in [2.45, 2.75) is 12.5 Å². The first-order valence-corrected chi connectivity index (χ1v) is 6.99. The van der Waals surface area contributed by atoms with Crippen LogP contribution in [0.3, 0.4) is 0 Å². The Bertz CT molecular complexity index is 324. The molecule has 0 saturated carbocycles. The third-order valence-electron chi connectivity index (χ3n) is 2.52. The normalized spacial score (nSPS) is 14.2. The standard InChI is InChI=1S/C14H21NOS/c1-3-10-17-11-9-15-12-14(2,16)13-7-5-4-6-8-13/h3-8,15-16H,1,9-12H2,2H3. The fourth-order valence-corrected chi connectivity index (χ4v) is 2.16. The Morgan fingerprint density at radius 2 is 2.12 bits per heavy atom. The summed E-state index contributed by atoms with van der Waals surface area (Å²) >= 11 is 1.84. The molecule has 94 valence electrons. The molecule has 0 bridgehead atoms. The number of aliphatic hydroxyl groups is 1. The number of benzene rings is 1. The van der Waals surface area contributed by atoms with Crippen LogP contribution in [0.2, 0.25) is 0 Å². The number of hydrogen-bond acceptors (Lipinski definition) is 3. The molecule has 3 heteroatoms. The van der Waals surface area contributed by atoms with E-state index in [1.807, 2.05) is 55.1 Å². The monoisotopic (exact) mass is 251 g/mol. The maximum atomic E-state index is 10.3. The predicted molar refractivity (Wildman–Crippen MR) is 76.4 cm³/mol. The van der Waals surface area contributed by atoms with E-state index in [9.17, 15) is 5.11 Å². The number of hydrogen-bond donors (Lipinski definition) is 2. The van der Waals surface area contributed by atoms with Crippen molar-refractivity contribution in [3.63, 3.8) is 0 Å². The zero-order valence-electron chi connectivity index (χ0n) is 10.4. The Morgan fingerprint density at radius 3 is 2.76 bits per heavy atom. The maximum absolute atomic E-state index is 10.3. The van der Waals surface area contributed by atoms with Crippen LogP contribution in [0.25, 0.3) is 0 Å². The van der Waals surface area contributed by atoms with Gasteiger partial charge in [-0.05, 0) is 12.5 Å². The first kappa shape index (κ1) is 14.3. The van der Waals surface area contributed by atoms with E-state index in [-0.39, 0.29) is 0 Å². The van der Waals surface area contributed by atoms with Crippen molar-refractivity contribution in [2.24, 2.45) is 0 Å². The highest BCUT2D eigenvalue weighted by molar-refractivity contribution is 7.99. The molecule has 2 nitrogen and oxygen atoms in total. The van der Waals surface area contributed by atoms with Crippen LogP contribution in [0, 0.1) is 0 Å². The number of rotatable bonds is 8. The number of thioether (sulfide) groups is 1. The first-order valence-electron chi connectivity index (χ1n) is 5.84. The van der Waals surface area contributed by atoms with E-state index >= 15 is 0 Å². The zero-order chi connectivity index (χ0) is 12.6. The molecule has 0 aliphatic heterocycles. The molecule has 0 aliphatic rings. The van der Waals surface area contributed by atoms with Gasteiger partial charge in [-0.1, -0.05) is 36.4 Å². The maximum Gasteiger partial charge on any atom is 0.0992 e. The molecule has 1 atom stereocenters. The van der Waals surface area contributed by atoms with E-state index in [2.05, 4.69) is 11.9 Å². The highest BCUT2D eigenvalue weighted by Gasteiger charge is 2.21. The SMILES string of the molecule is C=CCSCCNCC(C)(O)c1ccccc1. The van der Waals surface area contributed by atoms with Gasteiger partial charge in [-0.2, -0.15) is 11.8 Å². The quantitative estimate of drug-likeness (QED) is 0.550. The Hall–Kier alpha value is -0.770. The van der Waals surface area contributed by atoms with E-state index in [1.54, 1.807) is 0 Å². The van der Waals surface area contributed by atoms with Crippen LogP contribution >= 0.6 is 11.8 Å². The average Bonchev–Trinajstić information content (AvgIpc) is 2.35. The van der Waals surface area contributed by atoms with E-state index in [4.69, 9.17) is 0 Å². The Balaban J connectivity index is 2.28.